The van der Waals surface area contributed by atoms with Gasteiger partial charge in [-0.25, -0.2) is 15.0 Å². The maximum atomic E-state index is 4.43. The van der Waals surface area contributed by atoms with Crippen LogP contribution in [0.3, 0.4) is 0 Å². The van der Waals surface area contributed by atoms with Crippen molar-refractivity contribution >= 4 is 33.6 Å². The average Bonchev–Trinajstić information content (AvgIpc) is 2.32. The molecule has 0 unspecified atom stereocenters. The summed E-state index contributed by atoms with van der Waals surface area (Å²) in [6.07, 6.45) is 1.78. The van der Waals surface area contributed by atoms with E-state index in [1.54, 1.807) is 6.20 Å². The number of hydrogen-bond acceptors (Lipinski definition) is 5. The van der Waals surface area contributed by atoms with Gasteiger partial charge in [0.1, 0.15) is 10.1 Å². The summed E-state index contributed by atoms with van der Waals surface area (Å²) in [5.41, 5.74) is 0.945. The van der Waals surface area contributed by atoms with Gasteiger partial charge in [0.15, 0.2) is 0 Å². The van der Waals surface area contributed by atoms with Crippen LogP contribution in [-0.4, -0.2) is 21.5 Å². The molecule has 0 aliphatic heterocycles. The minimum atomic E-state index is 0.664. The predicted molar refractivity (Wildman–Crippen MR) is 77.0 cm³/mol. The van der Waals surface area contributed by atoms with Crippen molar-refractivity contribution in [2.75, 3.05) is 11.9 Å². The topological polar surface area (TPSA) is 50.7 Å². The van der Waals surface area contributed by atoms with Gasteiger partial charge in [-0.1, -0.05) is 0 Å². The normalized spacial score (nSPS) is 10.4. The molecule has 0 amide bonds. The van der Waals surface area contributed by atoms with Gasteiger partial charge in [-0.15, -0.1) is 0 Å². The van der Waals surface area contributed by atoms with Gasteiger partial charge in [-0.2, -0.15) is 0 Å². The van der Waals surface area contributed by atoms with Crippen LogP contribution in [0.1, 0.15) is 12.6 Å². The van der Waals surface area contributed by atoms with Gasteiger partial charge in [-0.05, 0) is 59.7 Å². The third-order valence-electron chi connectivity index (χ3n) is 2.07. The number of rotatable bonds is 4. The van der Waals surface area contributed by atoms with Gasteiger partial charge in [-0.3, -0.25) is 0 Å². The zero-order valence-corrected chi connectivity index (χ0v) is 12.5. The van der Waals surface area contributed by atoms with E-state index in [-0.39, 0.29) is 0 Å². The maximum Gasteiger partial charge on any atom is 0.223 e. The van der Waals surface area contributed by atoms with Crippen LogP contribution in [-0.2, 0) is 0 Å². The van der Waals surface area contributed by atoms with E-state index >= 15 is 0 Å². The summed E-state index contributed by atoms with van der Waals surface area (Å²) in [6, 6.07) is 5.88. The summed E-state index contributed by atoms with van der Waals surface area (Å²) in [7, 11) is 0. The Morgan fingerprint density at radius 3 is 2.78 bits per heavy atom. The van der Waals surface area contributed by atoms with Crippen molar-refractivity contribution < 1.29 is 0 Å². The minimum absolute atomic E-state index is 0.664. The van der Waals surface area contributed by atoms with E-state index in [1.165, 1.54) is 11.8 Å². The fraction of sp³-hybridized carbons (Fsp3) is 0.250. The molecule has 2 aromatic rings. The van der Waals surface area contributed by atoms with Crippen LogP contribution >= 0.6 is 27.7 Å². The van der Waals surface area contributed by atoms with Gasteiger partial charge in [0.05, 0.1) is 0 Å². The predicted octanol–water partition coefficient (Wildman–Crippen LogP) is 3.53. The summed E-state index contributed by atoms with van der Waals surface area (Å²) in [4.78, 5) is 13.1. The van der Waals surface area contributed by atoms with Crippen molar-refractivity contribution in [2.24, 2.45) is 0 Å². The number of anilines is 1. The molecule has 6 heteroatoms. The van der Waals surface area contributed by atoms with Crippen LogP contribution in [0.25, 0.3) is 0 Å². The fourth-order valence-electron chi connectivity index (χ4n) is 1.36. The number of nitrogens with zero attached hydrogens (tertiary/aromatic N) is 3. The quantitative estimate of drug-likeness (QED) is 0.872. The lowest BCUT2D eigenvalue weighted by Crippen LogP contribution is -2.03. The number of aryl methyl sites for hydroxylation is 1. The Kier molecular flexibility index (Phi) is 4.54. The molecular formula is C12H13BrN4S. The smallest absolute Gasteiger partial charge is 0.223 e. The highest BCUT2D eigenvalue weighted by molar-refractivity contribution is 9.10. The van der Waals surface area contributed by atoms with Crippen molar-refractivity contribution in [3.8, 4) is 0 Å². The van der Waals surface area contributed by atoms with Crippen LogP contribution in [0.4, 0.5) is 5.95 Å². The Balaban J connectivity index is 2.20. The molecule has 0 saturated heterocycles. The summed E-state index contributed by atoms with van der Waals surface area (Å²) >= 11 is 4.89. The molecule has 4 nitrogen and oxygen atoms in total. The summed E-state index contributed by atoms with van der Waals surface area (Å²) in [6.45, 7) is 4.79. The first-order valence-electron chi connectivity index (χ1n) is 5.56. The molecule has 18 heavy (non-hydrogen) atoms. The Morgan fingerprint density at radius 2 is 2.11 bits per heavy atom. The van der Waals surface area contributed by atoms with E-state index in [0.717, 1.165) is 26.8 Å². The van der Waals surface area contributed by atoms with E-state index in [9.17, 15) is 0 Å². The molecule has 2 rings (SSSR count). The lowest BCUT2D eigenvalue weighted by molar-refractivity contribution is 0.980. The molecule has 0 aromatic carbocycles. The van der Waals surface area contributed by atoms with Crippen molar-refractivity contribution in [1.82, 2.24) is 15.0 Å². The highest BCUT2D eigenvalue weighted by Crippen LogP contribution is 2.26. The second-order valence-electron chi connectivity index (χ2n) is 3.62. The molecule has 0 aliphatic carbocycles. The number of hydrogen-bond donors (Lipinski definition) is 1. The largest absolute Gasteiger partial charge is 0.354 e. The molecule has 2 aromatic heterocycles. The molecule has 0 fully saturated rings. The van der Waals surface area contributed by atoms with Crippen molar-refractivity contribution in [1.29, 1.82) is 0 Å². The van der Waals surface area contributed by atoms with Crippen LogP contribution in [0, 0.1) is 6.92 Å². The summed E-state index contributed by atoms with van der Waals surface area (Å²) in [5.74, 6) is 0.664. The summed E-state index contributed by atoms with van der Waals surface area (Å²) < 4.78 is 0.971. The minimum Gasteiger partial charge on any atom is -0.354 e. The number of pyridine rings is 1. The summed E-state index contributed by atoms with van der Waals surface area (Å²) in [5, 5.41) is 4.93. The Morgan fingerprint density at radius 1 is 1.28 bits per heavy atom. The van der Waals surface area contributed by atoms with Crippen LogP contribution in [0.5, 0.6) is 0 Å². The molecule has 94 valence electrons. The van der Waals surface area contributed by atoms with E-state index in [1.807, 2.05) is 32.0 Å². The lowest BCUT2D eigenvalue weighted by Gasteiger charge is -2.05. The Hall–Kier alpha value is -1.14. The van der Waals surface area contributed by atoms with Crippen LogP contribution < -0.4 is 5.32 Å². The highest BCUT2D eigenvalue weighted by atomic mass is 79.9. The van der Waals surface area contributed by atoms with E-state index in [2.05, 4.69) is 36.2 Å². The van der Waals surface area contributed by atoms with Crippen LogP contribution in [0.2, 0.25) is 0 Å². The zero-order chi connectivity index (χ0) is 13.0. The number of nitrogens with one attached hydrogen (secondary N) is 1. The third-order valence-corrected chi connectivity index (χ3v) is 3.41. The van der Waals surface area contributed by atoms with Crippen LogP contribution in [0.15, 0.2) is 38.9 Å². The fourth-order valence-corrected chi connectivity index (χ4v) is 2.41. The molecule has 1 N–H and O–H groups in total. The number of aromatic nitrogens is 3. The van der Waals surface area contributed by atoms with Crippen molar-refractivity contribution in [2.45, 2.75) is 23.9 Å². The van der Waals surface area contributed by atoms with Gasteiger partial charge in [0.2, 0.25) is 5.95 Å². The Labute approximate surface area is 119 Å². The van der Waals surface area contributed by atoms with E-state index in [4.69, 9.17) is 0 Å². The maximum absolute atomic E-state index is 4.43. The zero-order valence-electron chi connectivity index (χ0n) is 10.1. The first kappa shape index (κ1) is 13.3. The Bertz CT molecular complexity index is 530. The van der Waals surface area contributed by atoms with Gasteiger partial charge in [0, 0.05) is 22.9 Å². The van der Waals surface area contributed by atoms with Crippen molar-refractivity contribution in [3.05, 3.63) is 34.6 Å². The van der Waals surface area contributed by atoms with Gasteiger partial charge in [0.25, 0.3) is 0 Å². The standard InChI is InChI=1S/C12H13BrN4S/c1-3-14-12-16-8(2)6-11(17-12)18-10-5-4-9(13)7-15-10/h4-7H,3H2,1-2H3,(H,14,16,17). The second-order valence-corrected chi connectivity index (χ2v) is 5.57. The lowest BCUT2D eigenvalue weighted by atomic mass is 10.5. The molecule has 2 heterocycles. The third kappa shape index (κ3) is 3.68. The monoisotopic (exact) mass is 324 g/mol. The SMILES string of the molecule is CCNc1nc(C)cc(Sc2ccc(Br)cn2)n1. The molecule has 0 saturated carbocycles. The molecule has 0 bridgehead atoms. The van der Waals surface area contributed by atoms with E-state index < -0.39 is 0 Å². The first-order chi connectivity index (χ1) is 8.67. The molecule has 0 radical (unpaired) electrons. The highest BCUT2D eigenvalue weighted by Gasteiger charge is 2.04. The molecule has 0 spiro atoms. The number of halogens is 1. The second kappa shape index (κ2) is 6.15. The molecule has 0 aliphatic rings. The first-order valence-corrected chi connectivity index (χ1v) is 7.17. The van der Waals surface area contributed by atoms with Crippen molar-refractivity contribution in [3.63, 3.8) is 0 Å². The van der Waals surface area contributed by atoms with E-state index in [0.29, 0.717) is 5.95 Å². The van der Waals surface area contributed by atoms with Gasteiger partial charge < -0.3 is 5.32 Å². The molecular weight excluding hydrogens is 312 g/mol. The van der Waals surface area contributed by atoms with Gasteiger partial charge >= 0.3 is 0 Å². The average molecular weight is 325 g/mol. The molecule has 0 atom stereocenters.